The third-order valence-electron chi connectivity index (χ3n) is 4.57. The molecule has 0 unspecified atom stereocenters. The van der Waals surface area contributed by atoms with Gasteiger partial charge in [-0.2, -0.15) is 0 Å². The molecule has 7 heteroatoms. The molecule has 0 radical (unpaired) electrons. The molecule has 3 rings (SSSR count). The predicted molar refractivity (Wildman–Crippen MR) is 99.6 cm³/mol. The molecule has 1 aromatic heterocycles. The molecular formula is C19H24N4O3. The van der Waals surface area contributed by atoms with Crippen molar-refractivity contribution in [2.75, 3.05) is 25.0 Å². The Balaban J connectivity index is 1.51. The molecule has 7 nitrogen and oxygen atoms in total. The van der Waals surface area contributed by atoms with Crippen molar-refractivity contribution in [3.8, 4) is 0 Å². The molecule has 1 fully saturated rings. The molecule has 0 aromatic carbocycles. The summed E-state index contributed by atoms with van der Waals surface area (Å²) in [5.74, 6) is 0.873. The van der Waals surface area contributed by atoms with Gasteiger partial charge in [-0.05, 0) is 43.0 Å². The van der Waals surface area contributed by atoms with Gasteiger partial charge in [0, 0.05) is 37.7 Å². The van der Waals surface area contributed by atoms with Gasteiger partial charge in [0.25, 0.3) is 0 Å². The maximum atomic E-state index is 12.2. The molecule has 2 amide bonds. The molecule has 1 aromatic rings. The minimum atomic E-state index is -0.0189. The molecule has 1 N–H and O–H groups in total. The number of nitrogens with zero attached hydrogens (tertiary/aromatic N) is 3. The van der Waals surface area contributed by atoms with E-state index in [1.807, 2.05) is 19.9 Å². The van der Waals surface area contributed by atoms with Crippen LogP contribution in [-0.2, 0) is 20.8 Å². The minimum Gasteiger partial charge on any atom is -0.396 e. The average molecular weight is 356 g/mol. The van der Waals surface area contributed by atoms with Gasteiger partial charge in [-0.3, -0.25) is 9.59 Å². The van der Waals surface area contributed by atoms with Crippen LogP contribution in [0.25, 0.3) is 6.08 Å². The van der Waals surface area contributed by atoms with Crippen molar-refractivity contribution >= 4 is 29.4 Å². The quantitative estimate of drug-likeness (QED) is 0.367. The Morgan fingerprint density at radius 1 is 1.46 bits per heavy atom. The number of amides is 2. The van der Waals surface area contributed by atoms with E-state index in [1.165, 1.54) is 0 Å². The van der Waals surface area contributed by atoms with Gasteiger partial charge in [0.2, 0.25) is 11.8 Å². The summed E-state index contributed by atoms with van der Waals surface area (Å²) in [6.45, 7) is 5.93. The zero-order valence-corrected chi connectivity index (χ0v) is 15.2. The summed E-state index contributed by atoms with van der Waals surface area (Å²) in [6.07, 6.45) is 7.08. The zero-order valence-electron chi connectivity index (χ0n) is 15.2. The Morgan fingerprint density at radius 2 is 2.27 bits per heavy atom. The van der Waals surface area contributed by atoms with E-state index in [9.17, 15) is 9.59 Å². The fourth-order valence-electron chi connectivity index (χ4n) is 2.87. The molecule has 26 heavy (non-hydrogen) atoms. The summed E-state index contributed by atoms with van der Waals surface area (Å²) >= 11 is 0. The van der Waals surface area contributed by atoms with E-state index >= 15 is 0 Å². The van der Waals surface area contributed by atoms with Crippen LogP contribution in [0.2, 0.25) is 0 Å². The highest BCUT2D eigenvalue weighted by Gasteiger charge is 2.31. The van der Waals surface area contributed by atoms with Gasteiger partial charge in [0.15, 0.2) is 0 Å². The predicted octanol–water partition coefficient (Wildman–Crippen LogP) is 2.24. The SMILES string of the molecule is CCCO/N=C(/C)C1CN(C(=O)C=Cc2cnc3c(c2)CCC(=O)N3)C1. The number of fused-ring (bicyclic) bond motifs is 1. The van der Waals surface area contributed by atoms with Crippen LogP contribution in [-0.4, -0.2) is 47.1 Å². The van der Waals surface area contributed by atoms with E-state index in [1.54, 1.807) is 23.2 Å². The lowest BCUT2D eigenvalue weighted by molar-refractivity contribution is -0.130. The van der Waals surface area contributed by atoms with Crippen molar-refractivity contribution in [3.05, 3.63) is 29.5 Å². The monoisotopic (exact) mass is 356 g/mol. The molecule has 0 aliphatic carbocycles. The normalized spacial score (nSPS) is 17.7. The number of aromatic nitrogens is 1. The maximum absolute atomic E-state index is 12.2. The Morgan fingerprint density at radius 3 is 3.04 bits per heavy atom. The number of aryl methyl sites for hydroxylation is 1. The second-order valence-corrected chi connectivity index (χ2v) is 6.66. The van der Waals surface area contributed by atoms with Gasteiger partial charge >= 0.3 is 0 Å². The molecular weight excluding hydrogens is 332 g/mol. The van der Waals surface area contributed by atoms with Crippen LogP contribution in [0.15, 0.2) is 23.5 Å². The first-order valence-corrected chi connectivity index (χ1v) is 8.99. The van der Waals surface area contributed by atoms with Crippen molar-refractivity contribution in [1.29, 1.82) is 0 Å². The third-order valence-corrected chi connectivity index (χ3v) is 4.57. The van der Waals surface area contributed by atoms with Gasteiger partial charge in [-0.1, -0.05) is 12.1 Å². The van der Waals surface area contributed by atoms with Gasteiger partial charge in [0.05, 0.1) is 5.71 Å². The van der Waals surface area contributed by atoms with Crippen LogP contribution in [0.5, 0.6) is 0 Å². The standard InChI is InChI=1S/C19H24N4O3/c1-3-8-26-22-13(2)16-11-23(12-16)18(25)7-4-14-9-15-5-6-17(24)21-19(15)20-10-14/h4,7,9-10,16H,3,5-6,8,11-12H2,1-2H3,(H,20,21,24)/b7-4?,22-13-. The summed E-state index contributed by atoms with van der Waals surface area (Å²) in [4.78, 5) is 34.8. The first-order chi connectivity index (χ1) is 12.6. The number of oxime groups is 1. The van der Waals surface area contributed by atoms with Crippen LogP contribution in [0.3, 0.4) is 0 Å². The lowest BCUT2D eigenvalue weighted by atomic mass is 9.95. The number of carbonyl (C=O) groups excluding carboxylic acids is 2. The second-order valence-electron chi connectivity index (χ2n) is 6.66. The van der Waals surface area contributed by atoms with Crippen molar-refractivity contribution in [3.63, 3.8) is 0 Å². The molecule has 1 saturated heterocycles. The lowest BCUT2D eigenvalue weighted by Crippen LogP contribution is -2.52. The summed E-state index contributed by atoms with van der Waals surface area (Å²) in [5, 5.41) is 6.84. The Kier molecular flexibility index (Phi) is 5.65. The number of pyridine rings is 1. The van der Waals surface area contributed by atoms with Crippen LogP contribution in [0.4, 0.5) is 5.82 Å². The third kappa shape index (κ3) is 4.28. The molecule has 0 atom stereocenters. The highest BCUT2D eigenvalue weighted by atomic mass is 16.6. The highest BCUT2D eigenvalue weighted by molar-refractivity contribution is 5.95. The fraction of sp³-hybridized carbons (Fsp3) is 0.474. The van der Waals surface area contributed by atoms with Gasteiger partial charge in [0.1, 0.15) is 12.4 Å². The average Bonchev–Trinajstić information content (AvgIpc) is 2.59. The molecule has 2 aliphatic rings. The van der Waals surface area contributed by atoms with Crippen molar-refractivity contribution < 1.29 is 14.4 Å². The second kappa shape index (κ2) is 8.12. The van der Waals surface area contributed by atoms with Crippen molar-refractivity contribution in [2.24, 2.45) is 11.1 Å². The van der Waals surface area contributed by atoms with Crippen LogP contribution >= 0.6 is 0 Å². The summed E-state index contributed by atoms with van der Waals surface area (Å²) in [5.41, 5.74) is 2.80. The summed E-state index contributed by atoms with van der Waals surface area (Å²) in [6, 6.07) is 1.96. The number of hydrogen-bond donors (Lipinski definition) is 1. The number of carbonyl (C=O) groups is 2. The van der Waals surface area contributed by atoms with Crippen LogP contribution in [0.1, 0.15) is 37.8 Å². The smallest absolute Gasteiger partial charge is 0.246 e. The number of nitrogens with one attached hydrogen (secondary N) is 1. The number of hydrogen-bond acceptors (Lipinski definition) is 5. The minimum absolute atomic E-state index is 0.00488. The van der Waals surface area contributed by atoms with Crippen molar-refractivity contribution in [1.82, 2.24) is 9.88 Å². The van der Waals surface area contributed by atoms with Crippen molar-refractivity contribution in [2.45, 2.75) is 33.1 Å². The van der Waals surface area contributed by atoms with E-state index in [-0.39, 0.29) is 17.7 Å². The van der Waals surface area contributed by atoms with E-state index in [0.717, 1.165) is 23.3 Å². The Labute approximate surface area is 153 Å². The highest BCUT2D eigenvalue weighted by Crippen LogP contribution is 2.22. The van der Waals surface area contributed by atoms with Gasteiger partial charge in [-0.25, -0.2) is 4.98 Å². The summed E-state index contributed by atoms with van der Waals surface area (Å²) < 4.78 is 0. The van der Waals surface area contributed by atoms with Gasteiger partial charge < -0.3 is 15.1 Å². The maximum Gasteiger partial charge on any atom is 0.246 e. The molecule has 2 aliphatic heterocycles. The van der Waals surface area contributed by atoms with Gasteiger partial charge in [-0.15, -0.1) is 0 Å². The zero-order chi connectivity index (χ0) is 18.5. The Bertz CT molecular complexity index is 751. The topological polar surface area (TPSA) is 83.9 Å². The molecule has 3 heterocycles. The van der Waals surface area contributed by atoms with E-state index < -0.39 is 0 Å². The molecule has 0 bridgehead atoms. The van der Waals surface area contributed by atoms with E-state index in [0.29, 0.717) is 38.4 Å². The fourth-order valence-corrected chi connectivity index (χ4v) is 2.87. The lowest BCUT2D eigenvalue weighted by Gasteiger charge is -2.38. The number of likely N-dealkylation sites (tertiary alicyclic amines) is 1. The molecule has 0 spiro atoms. The van der Waals surface area contributed by atoms with E-state index in [2.05, 4.69) is 15.5 Å². The largest absolute Gasteiger partial charge is 0.396 e. The molecule has 0 saturated carbocycles. The molecule has 138 valence electrons. The first-order valence-electron chi connectivity index (χ1n) is 8.99. The van der Waals surface area contributed by atoms with Crippen LogP contribution < -0.4 is 5.32 Å². The Hall–Kier alpha value is -2.70. The number of rotatable bonds is 6. The number of anilines is 1. The first kappa shape index (κ1) is 18.1. The van der Waals surface area contributed by atoms with Crippen LogP contribution in [0, 0.1) is 5.92 Å². The summed E-state index contributed by atoms with van der Waals surface area (Å²) in [7, 11) is 0. The van der Waals surface area contributed by atoms with E-state index in [4.69, 9.17) is 4.84 Å².